The van der Waals surface area contributed by atoms with Gasteiger partial charge >= 0.3 is 5.97 Å². The number of aromatic nitrogens is 1. The molecule has 0 saturated heterocycles. The zero-order valence-corrected chi connectivity index (χ0v) is 11.9. The fraction of sp³-hybridized carbons (Fsp3) is 0.455. The van der Waals surface area contributed by atoms with E-state index in [1.807, 2.05) is 6.07 Å². The third-order valence-corrected chi connectivity index (χ3v) is 4.08. The molecule has 5 heteroatoms. The Labute approximate surface area is 108 Å². The fourth-order valence-corrected chi connectivity index (χ4v) is 2.41. The van der Waals surface area contributed by atoms with Gasteiger partial charge in [-0.05, 0) is 34.0 Å². The van der Waals surface area contributed by atoms with Gasteiger partial charge in [-0.25, -0.2) is 9.78 Å². The Balaban J connectivity index is 2.86. The first-order valence-electron chi connectivity index (χ1n) is 4.92. The summed E-state index contributed by atoms with van der Waals surface area (Å²) in [6.45, 7) is 4.29. The van der Waals surface area contributed by atoms with Crippen LogP contribution in [-0.2, 0) is 4.74 Å². The van der Waals surface area contributed by atoms with Crippen LogP contribution in [-0.4, -0.2) is 23.8 Å². The van der Waals surface area contributed by atoms with Crippen molar-refractivity contribution in [3.8, 4) is 0 Å². The van der Waals surface area contributed by atoms with Crippen molar-refractivity contribution < 1.29 is 9.53 Å². The minimum Gasteiger partial charge on any atom is -0.464 e. The summed E-state index contributed by atoms with van der Waals surface area (Å²) in [6.07, 6.45) is 0. The molecule has 3 nitrogen and oxygen atoms in total. The van der Waals surface area contributed by atoms with Crippen LogP contribution in [0.5, 0.6) is 0 Å². The van der Waals surface area contributed by atoms with Crippen molar-refractivity contribution in [1.29, 1.82) is 0 Å². The first-order chi connectivity index (χ1) is 7.54. The van der Waals surface area contributed by atoms with Crippen molar-refractivity contribution in [2.45, 2.75) is 18.9 Å². The zero-order valence-electron chi connectivity index (χ0n) is 9.49. The van der Waals surface area contributed by atoms with Gasteiger partial charge in [-0.1, -0.05) is 13.8 Å². The third-order valence-electron chi connectivity index (χ3n) is 1.76. The molecule has 1 heterocycles. The highest BCUT2D eigenvalue weighted by atomic mass is 79.9. The second-order valence-electron chi connectivity index (χ2n) is 3.68. The Kier molecular flexibility index (Phi) is 5.28. The normalized spacial score (nSPS) is 10.6. The average molecular weight is 304 g/mol. The van der Waals surface area contributed by atoms with Crippen molar-refractivity contribution in [1.82, 2.24) is 4.98 Å². The van der Waals surface area contributed by atoms with Gasteiger partial charge in [0.25, 0.3) is 0 Å². The molecule has 0 unspecified atom stereocenters. The molecule has 0 bridgehead atoms. The van der Waals surface area contributed by atoms with E-state index >= 15 is 0 Å². The summed E-state index contributed by atoms with van der Waals surface area (Å²) >= 11 is 5.05. The molecule has 88 valence electrons. The molecule has 1 rings (SSSR count). The van der Waals surface area contributed by atoms with E-state index in [-0.39, 0.29) is 0 Å². The maximum atomic E-state index is 11.3. The third kappa shape index (κ3) is 3.79. The lowest BCUT2D eigenvalue weighted by Gasteiger charge is -2.07. The molecule has 1 aromatic rings. The van der Waals surface area contributed by atoms with Crippen molar-refractivity contribution in [2.75, 3.05) is 12.9 Å². The maximum Gasteiger partial charge on any atom is 0.356 e. The van der Waals surface area contributed by atoms with E-state index in [1.165, 1.54) is 7.11 Å². The predicted octanol–water partition coefficient (Wildman–Crippen LogP) is 3.38. The standard InChI is InChI=1S/C11H14BrNO2S/c1-7(2)6-16-10-8(12)4-5-9(13-10)11(14)15-3/h4-5,7H,6H2,1-3H3. The number of thioether (sulfide) groups is 1. The molecule has 0 aliphatic heterocycles. The second kappa shape index (κ2) is 6.25. The van der Waals surface area contributed by atoms with E-state index in [4.69, 9.17) is 0 Å². The second-order valence-corrected chi connectivity index (χ2v) is 5.54. The quantitative estimate of drug-likeness (QED) is 0.631. The van der Waals surface area contributed by atoms with Gasteiger partial charge in [0.05, 0.1) is 7.11 Å². The van der Waals surface area contributed by atoms with Gasteiger partial charge < -0.3 is 4.74 Å². The van der Waals surface area contributed by atoms with Gasteiger partial charge in [-0.15, -0.1) is 11.8 Å². The molecule has 0 atom stereocenters. The van der Waals surface area contributed by atoms with Crippen LogP contribution in [0.1, 0.15) is 24.3 Å². The number of carbonyl (C=O) groups excluding carboxylic acids is 1. The lowest BCUT2D eigenvalue weighted by Crippen LogP contribution is -2.05. The molecule has 0 fully saturated rings. The van der Waals surface area contributed by atoms with Crippen LogP contribution < -0.4 is 0 Å². The minimum absolute atomic E-state index is 0.344. The predicted molar refractivity (Wildman–Crippen MR) is 68.8 cm³/mol. The molecule has 16 heavy (non-hydrogen) atoms. The molecule has 1 aromatic heterocycles. The summed E-state index contributed by atoms with van der Waals surface area (Å²) in [7, 11) is 1.35. The lowest BCUT2D eigenvalue weighted by atomic mass is 10.3. The number of nitrogens with zero attached hydrogens (tertiary/aromatic N) is 1. The maximum absolute atomic E-state index is 11.3. The highest BCUT2D eigenvalue weighted by Gasteiger charge is 2.11. The van der Waals surface area contributed by atoms with Gasteiger partial charge in [0.2, 0.25) is 0 Å². The van der Waals surface area contributed by atoms with Gasteiger partial charge in [-0.3, -0.25) is 0 Å². The Hall–Kier alpha value is -0.550. The van der Waals surface area contributed by atoms with Gasteiger partial charge in [0, 0.05) is 10.2 Å². The molecule has 0 aliphatic carbocycles. The van der Waals surface area contributed by atoms with E-state index in [1.54, 1.807) is 17.8 Å². The van der Waals surface area contributed by atoms with E-state index in [2.05, 4.69) is 39.5 Å². The lowest BCUT2D eigenvalue weighted by molar-refractivity contribution is 0.0593. The van der Waals surface area contributed by atoms with Gasteiger partial charge in [-0.2, -0.15) is 0 Å². The number of hydrogen-bond acceptors (Lipinski definition) is 4. The SMILES string of the molecule is COC(=O)c1ccc(Br)c(SCC(C)C)n1. The summed E-state index contributed by atoms with van der Waals surface area (Å²) in [5.41, 5.74) is 0.344. The smallest absolute Gasteiger partial charge is 0.356 e. The zero-order chi connectivity index (χ0) is 12.1. The average Bonchev–Trinajstić information content (AvgIpc) is 2.26. The Morgan fingerprint density at radius 1 is 1.56 bits per heavy atom. The molecular formula is C11H14BrNO2S. The Morgan fingerprint density at radius 2 is 2.25 bits per heavy atom. The number of ether oxygens (including phenoxy) is 1. The molecule has 0 radical (unpaired) electrons. The minimum atomic E-state index is -0.404. The first-order valence-corrected chi connectivity index (χ1v) is 6.70. The molecular weight excluding hydrogens is 290 g/mol. The number of halogens is 1. The van der Waals surface area contributed by atoms with Crippen LogP contribution in [0.15, 0.2) is 21.6 Å². The van der Waals surface area contributed by atoms with Crippen LogP contribution in [0.25, 0.3) is 0 Å². The molecule has 0 N–H and O–H groups in total. The summed E-state index contributed by atoms with van der Waals surface area (Å²) in [5, 5.41) is 0.830. The van der Waals surface area contributed by atoms with Gasteiger partial charge in [0.1, 0.15) is 10.7 Å². The van der Waals surface area contributed by atoms with E-state index in [9.17, 15) is 4.79 Å². The first kappa shape index (κ1) is 13.5. The largest absolute Gasteiger partial charge is 0.464 e. The number of carbonyl (C=O) groups is 1. The van der Waals surface area contributed by atoms with Crippen LogP contribution in [0.4, 0.5) is 0 Å². The highest BCUT2D eigenvalue weighted by Crippen LogP contribution is 2.27. The molecule has 0 amide bonds. The number of pyridine rings is 1. The summed E-state index contributed by atoms with van der Waals surface area (Å²) in [5.74, 6) is 1.15. The number of rotatable bonds is 4. The van der Waals surface area contributed by atoms with E-state index in [0.717, 1.165) is 15.3 Å². The molecule has 0 aromatic carbocycles. The molecule has 0 saturated carbocycles. The summed E-state index contributed by atoms with van der Waals surface area (Å²) in [6, 6.07) is 3.47. The monoisotopic (exact) mass is 303 g/mol. The van der Waals surface area contributed by atoms with Gasteiger partial charge in [0.15, 0.2) is 0 Å². The van der Waals surface area contributed by atoms with Crippen molar-refractivity contribution >= 4 is 33.7 Å². The van der Waals surface area contributed by atoms with Crippen molar-refractivity contribution in [3.05, 3.63) is 22.3 Å². The number of methoxy groups -OCH3 is 1. The molecule has 0 spiro atoms. The molecule has 0 aliphatic rings. The highest BCUT2D eigenvalue weighted by molar-refractivity contribution is 9.10. The van der Waals surface area contributed by atoms with Crippen molar-refractivity contribution in [3.63, 3.8) is 0 Å². The van der Waals surface area contributed by atoms with Crippen molar-refractivity contribution in [2.24, 2.45) is 5.92 Å². The van der Waals surface area contributed by atoms with E-state index in [0.29, 0.717) is 11.6 Å². The van der Waals surface area contributed by atoms with Crippen LogP contribution in [0.3, 0.4) is 0 Å². The Morgan fingerprint density at radius 3 is 2.81 bits per heavy atom. The fourth-order valence-electron chi connectivity index (χ4n) is 0.989. The van der Waals surface area contributed by atoms with Crippen LogP contribution in [0, 0.1) is 5.92 Å². The van der Waals surface area contributed by atoms with Crippen LogP contribution >= 0.6 is 27.7 Å². The summed E-state index contributed by atoms with van der Waals surface area (Å²) in [4.78, 5) is 15.6. The Bertz CT molecular complexity index is 382. The summed E-state index contributed by atoms with van der Waals surface area (Å²) < 4.78 is 5.54. The number of hydrogen-bond donors (Lipinski definition) is 0. The topological polar surface area (TPSA) is 39.2 Å². The van der Waals surface area contributed by atoms with E-state index < -0.39 is 5.97 Å². The number of esters is 1. The van der Waals surface area contributed by atoms with Crippen LogP contribution in [0.2, 0.25) is 0 Å².